The maximum Gasteiger partial charge on any atom is 0.330 e. The van der Waals surface area contributed by atoms with E-state index in [0.717, 1.165) is 0 Å². The average Bonchev–Trinajstić information content (AvgIpc) is 2.46. The standard InChI is InChI=1S/C6H6N4O3S2/c1-3-2-4(14)10-5(7-3)8-6(9-10)15(11,12)13/h2H,1H3,(H,7,8,9)(H,11,12,13). The fourth-order valence-corrected chi connectivity index (χ4v) is 1.79. The van der Waals surface area contributed by atoms with Gasteiger partial charge in [-0.05, 0) is 13.0 Å². The highest BCUT2D eigenvalue weighted by molar-refractivity contribution is 7.85. The lowest BCUT2D eigenvalue weighted by atomic mass is 10.5. The van der Waals surface area contributed by atoms with E-state index < -0.39 is 15.3 Å². The number of aromatic nitrogens is 4. The molecule has 0 aliphatic rings. The Bertz CT molecular complexity index is 684. The van der Waals surface area contributed by atoms with Crippen molar-refractivity contribution in [3.05, 3.63) is 16.4 Å². The summed E-state index contributed by atoms with van der Waals surface area (Å²) < 4.78 is 31.9. The molecule has 0 aliphatic carbocycles. The van der Waals surface area contributed by atoms with Crippen LogP contribution in [0.25, 0.3) is 5.78 Å². The van der Waals surface area contributed by atoms with Gasteiger partial charge in [-0.3, -0.25) is 9.65 Å². The zero-order valence-corrected chi connectivity index (χ0v) is 9.13. The van der Waals surface area contributed by atoms with Crippen LogP contribution in [-0.4, -0.2) is 32.6 Å². The highest BCUT2D eigenvalue weighted by Crippen LogP contribution is 2.06. The highest BCUT2D eigenvalue weighted by Gasteiger charge is 2.16. The van der Waals surface area contributed by atoms with Gasteiger partial charge in [0.25, 0.3) is 10.9 Å². The largest absolute Gasteiger partial charge is 0.330 e. The van der Waals surface area contributed by atoms with E-state index >= 15 is 0 Å². The molecule has 2 N–H and O–H groups in total. The Morgan fingerprint density at radius 2 is 2.20 bits per heavy atom. The lowest BCUT2D eigenvalue weighted by Crippen LogP contribution is -2.00. The first-order chi connectivity index (χ1) is 6.88. The van der Waals surface area contributed by atoms with Crippen molar-refractivity contribution < 1.29 is 13.0 Å². The van der Waals surface area contributed by atoms with Crippen LogP contribution in [0.1, 0.15) is 5.69 Å². The van der Waals surface area contributed by atoms with E-state index in [4.69, 9.17) is 16.8 Å². The Labute approximate surface area is 89.5 Å². The fraction of sp³-hybridized carbons (Fsp3) is 0.167. The first-order valence-corrected chi connectivity index (χ1v) is 5.67. The van der Waals surface area contributed by atoms with Crippen molar-refractivity contribution in [3.8, 4) is 0 Å². The minimum Gasteiger partial charge on any atom is -0.279 e. The molecule has 0 atom stereocenters. The summed E-state index contributed by atoms with van der Waals surface area (Å²) in [6.45, 7) is 1.71. The van der Waals surface area contributed by atoms with Gasteiger partial charge in [-0.15, -0.1) is 0 Å². The summed E-state index contributed by atoms with van der Waals surface area (Å²) in [5.41, 5.74) is 0.619. The molecule has 80 valence electrons. The van der Waals surface area contributed by atoms with Gasteiger partial charge in [0.2, 0.25) is 0 Å². The molecule has 0 saturated carbocycles. The third-order valence-corrected chi connectivity index (χ3v) is 2.65. The van der Waals surface area contributed by atoms with E-state index in [-0.39, 0.29) is 5.78 Å². The number of hydrogen-bond donors (Lipinski definition) is 2. The number of nitrogens with zero attached hydrogens (tertiary/aromatic N) is 3. The van der Waals surface area contributed by atoms with Gasteiger partial charge in [0.15, 0.2) is 0 Å². The van der Waals surface area contributed by atoms with Gasteiger partial charge in [-0.1, -0.05) is 12.2 Å². The van der Waals surface area contributed by atoms with Crippen molar-refractivity contribution >= 4 is 28.1 Å². The zero-order chi connectivity index (χ0) is 11.2. The van der Waals surface area contributed by atoms with Crippen molar-refractivity contribution in [2.24, 2.45) is 0 Å². The second-order valence-corrected chi connectivity index (χ2v) is 4.63. The van der Waals surface area contributed by atoms with E-state index in [2.05, 4.69) is 15.1 Å². The third kappa shape index (κ3) is 1.76. The molecule has 2 heterocycles. The molecule has 7 nitrogen and oxygen atoms in total. The van der Waals surface area contributed by atoms with Crippen LogP contribution in [0.3, 0.4) is 0 Å². The second-order valence-electron chi connectivity index (χ2n) is 2.87. The monoisotopic (exact) mass is 246 g/mol. The Kier molecular flexibility index (Phi) is 2.10. The number of nitrogens with one attached hydrogen (secondary N) is 1. The van der Waals surface area contributed by atoms with Crippen LogP contribution in [-0.2, 0) is 10.1 Å². The molecule has 2 rings (SSSR count). The number of rotatable bonds is 1. The molecule has 9 heteroatoms. The average molecular weight is 246 g/mol. The summed E-state index contributed by atoms with van der Waals surface area (Å²) in [6, 6.07) is 1.58. The molecule has 2 aromatic heterocycles. The van der Waals surface area contributed by atoms with Crippen molar-refractivity contribution in [3.63, 3.8) is 0 Å². The highest BCUT2D eigenvalue weighted by atomic mass is 32.2. The number of aryl methyl sites for hydroxylation is 1. The summed E-state index contributed by atoms with van der Waals surface area (Å²) in [4.78, 5) is 7.55. The first-order valence-electron chi connectivity index (χ1n) is 3.82. The lowest BCUT2D eigenvalue weighted by Gasteiger charge is -1.92. The van der Waals surface area contributed by atoms with Crippen molar-refractivity contribution in [1.29, 1.82) is 0 Å². The van der Waals surface area contributed by atoms with Gasteiger partial charge in [-0.25, -0.2) is 9.50 Å². The molecular formula is C6H6N4O3S2. The smallest absolute Gasteiger partial charge is 0.279 e. The van der Waals surface area contributed by atoms with Crippen molar-refractivity contribution in [1.82, 2.24) is 19.6 Å². The zero-order valence-electron chi connectivity index (χ0n) is 7.50. The third-order valence-electron chi connectivity index (χ3n) is 1.68. The molecule has 0 amide bonds. The van der Waals surface area contributed by atoms with Crippen LogP contribution in [0, 0.1) is 11.6 Å². The molecule has 0 aromatic carbocycles. The summed E-state index contributed by atoms with van der Waals surface area (Å²) in [7, 11) is -4.37. The number of H-pyrrole nitrogens is 1. The summed E-state index contributed by atoms with van der Waals surface area (Å²) in [5.74, 6) is 0.104. The molecule has 2 aromatic rings. The normalized spacial score (nSPS) is 12.1. The molecule has 0 bridgehead atoms. The summed E-state index contributed by atoms with van der Waals surface area (Å²) in [6.07, 6.45) is 0. The van der Waals surface area contributed by atoms with Crippen LogP contribution in [0.2, 0.25) is 0 Å². The summed E-state index contributed by atoms with van der Waals surface area (Å²) in [5, 5.41) is 1.75. The second kappa shape index (κ2) is 3.08. The van der Waals surface area contributed by atoms with E-state index in [1.165, 1.54) is 4.52 Å². The van der Waals surface area contributed by atoms with Crippen LogP contribution in [0.15, 0.2) is 11.2 Å². The van der Waals surface area contributed by atoms with E-state index in [9.17, 15) is 8.42 Å². The predicted octanol–water partition coefficient (Wildman–Crippen LogP) is 0.342. The molecule has 0 aliphatic heterocycles. The minimum absolute atomic E-state index is 0.104. The van der Waals surface area contributed by atoms with Gasteiger partial charge in [0.05, 0.1) is 0 Å². The quantitative estimate of drug-likeness (QED) is 0.556. The maximum atomic E-state index is 10.8. The molecule has 0 unspecified atom stereocenters. The Morgan fingerprint density at radius 3 is 2.80 bits per heavy atom. The maximum absolute atomic E-state index is 10.8. The number of fused-ring (bicyclic) bond motifs is 1. The van der Waals surface area contributed by atoms with Crippen LogP contribution < -0.4 is 0 Å². The SMILES string of the molecule is Cc1cc(=S)n2[nH]c(S(=O)(=O)O)nc2n1. The van der Waals surface area contributed by atoms with Crippen molar-refractivity contribution in [2.75, 3.05) is 0 Å². The predicted molar refractivity (Wildman–Crippen MR) is 52.7 cm³/mol. The lowest BCUT2D eigenvalue weighted by molar-refractivity contribution is 0.474. The topological polar surface area (TPSA) is 100 Å². The fourth-order valence-electron chi connectivity index (χ4n) is 1.09. The van der Waals surface area contributed by atoms with Crippen LogP contribution in [0.5, 0.6) is 0 Å². The minimum atomic E-state index is -4.37. The van der Waals surface area contributed by atoms with E-state index in [0.29, 0.717) is 10.3 Å². The first kappa shape index (κ1) is 10.2. The molecule has 0 fully saturated rings. The van der Waals surface area contributed by atoms with Crippen LogP contribution in [0.4, 0.5) is 0 Å². The molecule has 0 saturated heterocycles. The van der Waals surface area contributed by atoms with Gasteiger partial charge in [-0.2, -0.15) is 13.4 Å². The Morgan fingerprint density at radius 1 is 1.53 bits per heavy atom. The van der Waals surface area contributed by atoms with Gasteiger partial charge >= 0.3 is 10.1 Å². The Hall–Kier alpha value is -1.32. The van der Waals surface area contributed by atoms with Gasteiger partial charge in [0, 0.05) is 5.69 Å². The van der Waals surface area contributed by atoms with E-state index in [1.807, 2.05) is 0 Å². The summed E-state index contributed by atoms with van der Waals surface area (Å²) >= 11 is 4.95. The van der Waals surface area contributed by atoms with Gasteiger partial charge < -0.3 is 0 Å². The molecule has 0 radical (unpaired) electrons. The molecule has 0 spiro atoms. The van der Waals surface area contributed by atoms with Gasteiger partial charge in [0.1, 0.15) is 4.64 Å². The van der Waals surface area contributed by atoms with Crippen molar-refractivity contribution in [2.45, 2.75) is 12.1 Å². The van der Waals surface area contributed by atoms with Crippen LogP contribution >= 0.6 is 12.2 Å². The van der Waals surface area contributed by atoms with E-state index in [1.54, 1.807) is 13.0 Å². The molecule has 15 heavy (non-hydrogen) atoms. The number of aromatic amines is 1. The number of hydrogen-bond acceptors (Lipinski definition) is 5. The Balaban J connectivity index is 2.89. The molecular weight excluding hydrogens is 240 g/mol.